The first kappa shape index (κ1) is 12.1. The van der Waals surface area contributed by atoms with E-state index >= 15 is 0 Å². The molecule has 6 heteroatoms. The van der Waals surface area contributed by atoms with Crippen LogP contribution in [0.3, 0.4) is 0 Å². The molecule has 0 aliphatic rings. The Hall–Kier alpha value is -1.01. The largest absolute Gasteiger partial charge is 0.480 e. The lowest BCUT2D eigenvalue weighted by molar-refractivity contribution is -0.141. The lowest BCUT2D eigenvalue weighted by Crippen LogP contribution is -2.42. The minimum Gasteiger partial charge on any atom is -0.480 e. The van der Waals surface area contributed by atoms with E-state index in [1.807, 2.05) is 17.5 Å². The smallest absolute Gasteiger partial charge is 0.327 e. The summed E-state index contributed by atoms with van der Waals surface area (Å²) in [7, 11) is 0. The first-order chi connectivity index (χ1) is 7.13. The quantitative estimate of drug-likeness (QED) is 0.672. The van der Waals surface area contributed by atoms with Crippen molar-refractivity contribution in [1.29, 1.82) is 0 Å². The van der Waals surface area contributed by atoms with Crippen molar-refractivity contribution in [3.63, 3.8) is 0 Å². The number of carbonyl (C=O) groups excluding carboxylic acids is 1. The zero-order valence-electron chi connectivity index (χ0n) is 7.84. The van der Waals surface area contributed by atoms with Gasteiger partial charge in [0, 0.05) is 10.6 Å². The van der Waals surface area contributed by atoms with Gasteiger partial charge >= 0.3 is 5.97 Å². The Morgan fingerprint density at radius 3 is 2.80 bits per heavy atom. The molecule has 0 saturated heterocycles. The molecule has 1 aromatic rings. The summed E-state index contributed by atoms with van der Waals surface area (Å²) in [6.45, 7) is 0. The molecule has 0 aromatic carbocycles. The van der Waals surface area contributed by atoms with E-state index in [9.17, 15) is 9.59 Å². The molecule has 2 N–H and O–H groups in total. The van der Waals surface area contributed by atoms with Gasteiger partial charge < -0.3 is 10.4 Å². The predicted molar refractivity (Wildman–Crippen MR) is 61.4 cm³/mol. The van der Waals surface area contributed by atoms with Crippen LogP contribution in [0.5, 0.6) is 0 Å². The number of hydrogen-bond acceptors (Lipinski definition) is 4. The van der Waals surface area contributed by atoms with Gasteiger partial charge in [-0.1, -0.05) is 6.07 Å². The van der Waals surface area contributed by atoms with Crippen LogP contribution in [-0.4, -0.2) is 28.8 Å². The maximum atomic E-state index is 11.4. The van der Waals surface area contributed by atoms with Crippen molar-refractivity contribution in [1.82, 2.24) is 5.32 Å². The molecule has 0 saturated carbocycles. The van der Waals surface area contributed by atoms with E-state index in [2.05, 4.69) is 17.9 Å². The summed E-state index contributed by atoms with van der Waals surface area (Å²) in [4.78, 5) is 22.9. The highest BCUT2D eigenvalue weighted by Crippen LogP contribution is 2.08. The minimum absolute atomic E-state index is 0.0888. The van der Waals surface area contributed by atoms with Crippen molar-refractivity contribution in [3.8, 4) is 0 Å². The SMILES string of the molecule is O=C(Cc1cccs1)NC(CS)C(=O)O. The summed E-state index contributed by atoms with van der Waals surface area (Å²) in [5.74, 6) is -1.27. The molecule has 0 bridgehead atoms. The van der Waals surface area contributed by atoms with E-state index in [4.69, 9.17) is 5.11 Å². The van der Waals surface area contributed by atoms with Crippen LogP contribution in [0.4, 0.5) is 0 Å². The average Bonchev–Trinajstić information content (AvgIpc) is 2.66. The number of rotatable bonds is 5. The standard InChI is InChI=1S/C9H11NO3S2/c11-8(4-6-2-1-3-15-6)10-7(5-14)9(12)13/h1-3,7,14H,4-5H2,(H,10,11)(H,12,13). The van der Waals surface area contributed by atoms with E-state index in [-0.39, 0.29) is 18.1 Å². The topological polar surface area (TPSA) is 66.4 Å². The molecule has 15 heavy (non-hydrogen) atoms. The maximum Gasteiger partial charge on any atom is 0.327 e. The van der Waals surface area contributed by atoms with Crippen LogP contribution < -0.4 is 5.32 Å². The van der Waals surface area contributed by atoms with Crippen molar-refractivity contribution in [2.45, 2.75) is 12.5 Å². The van der Waals surface area contributed by atoms with Crippen LogP contribution in [0.25, 0.3) is 0 Å². The van der Waals surface area contributed by atoms with Crippen LogP contribution in [0.2, 0.25) is 0 Å². The summed E-state index contributed by atoms with van der Waals surface area (Å²) in [6.07, 6.45) is 0.217. The van der Waals surface area contributed by atoms with Crippen molar-refractivity contribution >= 4 is 35.8 Å². The number of thiol groups is 1. The van der Waals surface area contributed by atoms with Gasteiger partial charge in [-0.3, -0.25) is 4.79 Å². The zero-order chi connectivity index (χ0) is 11.3. The monoisotopic (exact) mass is 245 g/mol. The van der Waals surface area contributed by atoms with Gasteiger partial charge in [0.25, 0.3) is 0 Å². The summed E-state index contributed by atoms with van der Waals surface area (Å²) in [5.41, 5.74) is 0. The van der Waals surface area contributed by atoms with Crippen molar-refractivity contribution < 1.29 is 14.7 Å². The molecule has 1 atom stereocenters. The number of carboxylic acid groups (broad SMARTS) is 1. The third-order valence-corrected chi connectivity index (χ3v) is 2.97. The Kier molecular flexibility index (Phi) is 4.64. The zero-order valence-corrected chi connectivity index (χ0v) is 9.55. The fourth-order valence-corrected chi connectivity index (χ4v) is 1.95. The molecule has 0 aliphatic carbocycles. The lowest BCUT2D eigenvalue weighted by Gasteiger charge is -2.10. The van der Waals surface area contributed by atoms with E-state index in [1.54, 1.807) is 0 Å². The number of thiophene rings is 1. The van der Waals surface area contributed by atoms with Gasteiger partial charge in [-0.25, -0.2) is 4.79 Å². The van der Waals surface area contributed by atoms with Crippen molar-refractivity contribution in [3.05, 3.63) is 22.4 Å². The minimum atomic E-state index is -1.07. The maximum absolute atomic E-state index is 11.4. The molecule has 1 unspecified atom stereocenters. The van der Waals surface area contributed by atoms with Gasteiger partial charge in [0.1, 0.15) is 6.04 Å². The number of nitrogens with one attached hydrogen (secondary N) is 1. The van der Waals surface area contributed by atoms with Gasteiger partial charge in [-0.15, -0.1) is 11.3 Å². The van der Waals surface area contributed by atoms with Gasteiger partial charge in [0.05, 0.1) is 6.42 Å². The second-order valence-electron chi connectivity index (χ2n) is 2.90. The first-order valence-corrected chi connectivity index (χ1v) is 5.80. The number of hydrogen-bond donors (Lipinski definition) is 3. The van der Waals surface area contributed by atoms with Crippen LogP contribution in [0.1, 0.15) is 4.88 Å². The van der Waals surface area contributed by atoms with E-state index in [0.29, 0.717) is 0 Å². The number of carboxylic acids is 1. The van der Waals surface area contributed by atoms with E-state index < -0.39 is 12.0 Å². The molecule has 0 aliphatic heterocycles. The van der Waals surface area contributed by atoms with Crippen LogP contribution in [0, 0.1) is 0 Å². The van der Waals surface area contributed by atoms with Gasteiger partial charge in [0.15, 0.2) is 0 Å². The third-order valence-electron chi connectivity index (χ3n) is 1.73. The Bertz CT molecular complexity index is 337. The Labute approximate surface area is 96.7 Å². The highest BCUT2D eigenvalue weighted by Gasteiger charge is 2.17. The van der Waals surface area contributed by atoms with Gasteiger partial charge in [0.2, 0.25) is 5.91 Å². The summed E-state index contributed by atoms with van der Waals surface area (Å²) >= 11 is 5.32. The lowest BCUT2D eigenvalue weighted by atomic mass is 10.3. The summed E-state index contributed by atoms with van der Waals surface area (Å²) < 4.78 is 0. The number of amides is 1. The molecular weight excluding hydrogens is 234 g/mol. The Morgan fingerprint density at radius 2 is 2.33 bits per heavy atom. The van der Waals surface area contributed by atoms with Crippen LogP contribution in [0.15, 0.2) is 17.5 Å². The molecular formula is C9H11NO3S2. The molecule has 1 rings (SSSR count). The average molecular weight is 245 g/mol. The molecule has 1 heterocycles. The number of carbonyl (C=O) groups is 2. The Morgan fingerprint density at radius 1 is 1.60 bits per heavy atom. The molecule has 1 aromatic heterocycles. The normalized spacial score (nSPS) is 12.1. The highest BCUT2D eigenvalue weighted by molar-refractivity contribution is 7.80. The molecule has 0 fully saturated rings. The summed E-state index contributed by atoms with van der Waals surface area (Å²) in [5, 5.41) is 13.0. The van der Waals surface area contributed by atoms with E-state index in [0.717, 1.165) is 4.88 Å². The first-order valence-electron chi connectivity index (χ1n) is 4.29. The Balaban J connectivity index is 2.45. The number of aliphatic carboxylic acids is 1. The second-order valence-corrected chi connectivity index (χ2v) is 4.29. The fraction of sp³-hybridized carbons (Fsp3) is 0.333. The molecule has 0 radical (unpaired) electrons. The predicted octanol–water partition coefficient (Wildman–Crippen LogP) is 0.790. The van der Waals surface area contributed by atoms with Crippen LogP contribution >= 0.6 is 24.0 Å². The fourth-order valence-electron chi connectivity index (χ4n) is 1.00. The second kappa shape index (κ2) is 5.77. The third kappa shape index (κ3) is 3.93. The van der Waals surface area contributed by atoms with Crippen molar-refractivity contribution in [2.24, 2.45) is 0 Å². The van der Waals surface area contributed by atoms with E-state index in [1.165, 1.54) is 11.3 Å². The van der Waals surface area contributed by atoms with Gasteiger partial charge in [-0.2, -0.15) is 12.6 Å². The molecule has 0 spiro atoms. The van der Waals surface area contributed by atoms with Gasteiger partial charge in [-0.05, 0) is 11.4 Å². The highest BCUT2D eigenvalue weighted by atomic mass is 32.1. The molecule has 4 nitrogen and oxygen atoms in total. The summed E-state index contributed by atoms with van der Waals surface area (Å²) in [6, 6.07) is 2.77. The van der Waals surface area contributed by atoms with Crippen molar-refractivity contribution in [2.75, 3.05) is 5.75 Å². The molecule has 82 valence electrons. The van der Waals surface area contributed by atoms with Crippen LogP contribution in [-0.2, 0) is 16.0 Å². The molecule has 1 amide bonds.